The molecular formula is C62H98N8O20S3. The maximum Gasteiger partial charge on any atom is 0.426 e. The topological polar surface area (TPSA) is 420 Å². The quantitative estimate of drug-likeness (QED) is 0.0113. The Morgan fingerprint density at radius 3 is 2.15 bits per heavy atom. The standard InChI is InChI=1S/C62H98N8O20S3/c1-10-15-53(78)89-34-70(60(84)43(36(6)11-2)28-48(74)46-16-13-14-23-69(46)9)47(35(4)5)29-51(90-38(8)72)59-66-44(32-91-59)58(83)64-41(27-39-17-20-42(73)21-18-39)26-37(7)56(81)67-68-62(87)88-24-25-92-93-33-45(61(85)86)65-57(82)40(12-3)19-22-52(77)63-30-49(75)54(79)55(80)50(76)31-71/h17-18,20-21,32,35-37,40-41,43,45-47,49-51,54-55,71,73,75-76,79-80H,10-16,19,22-31,33-34H2,1-9H3,(H,63,77)(H,64,83)(H,65,82)(H,67,81)(H,68,87)(H,85,86)/t36?,37-,40-,41+,43-,45-,46+,47+,49-,50+,51+,54+,55+/m0/s1. The van der Waals surface area contributed by atoms with Gasteiger partial charge in [-0.15, -0.1) is 11.3 Å². The van der Waals surface area contributed by atoms with Gasteiger partial charge in [0.15, 0.2) is 18.6 Å². The number of ether oxygens (including phenoxy) is 3. The normalized spacial score (nSPS) is 17.3. The van der Waals surface area contributed by atoms with Gasteiger partial charge in [0.25, 0.3) is 5.91 Å². The number of carboxylic acids is 1. The summed E-state index contributed by atoms with van der Waals surface area (Å²) >= 11 is 1.05. The number of aliphatic hydroxyl groups is 5. The van der Waals surface area contributed by atoms with Crippen LogP contribution in [0.3, 0.4) is 0 Å². The maximum atomic E-state index is 15.0. The molecule has 1 aromatic carbocycles. The zero-order valence-corrected chi connectivity index (χ0v) is 57.1. The Hall–Kier alpha value is -6.19. The van der Waals surface area contributed by atoms with Gasteiger partial charge in [-0.2, -0.15) is 0 Å². The predicted octanol–water partition coefficient (Wildman–Crippen LogP) is 3.54. The van der Waals surface area contributed by atoms with E-state index in [0.717, 1.165) is 52.3 Å². The van der Waals surface area contributed by atoms with Gasteiger partial charge in [0, 0.05) is 85.9 Å². The van der Waals surface area contributed by atoms with Gasteiger partial charge in [-0.05, 0) is 88.1 Å². The van der Waals surface area contributed by atoms with Crippen molar-refractivity contribution in [1.82, 2.24) is 41.6 Å². The van der Waals surface area contributed by atoms with Crippen LogP contribution >= 0.6 is 32.9 Å². The minimum Gasteiger partial charge on any atom is -0.508 e. The fourth-order valence-electron chi connectivity index (χ4n) is 10.3. The lowest BCUT2D eigenvalue weighted by molar-refractivity contribution is -0.162. The van der Waals surface area contributed by atoms with Gasteiger partial charge < -0.3 is 70.8 Å². The van der Waals surface area contributed by atoms with Crippen LogP contribution in [0.25, 0.3) is 0 Å². The van der Waals surface area contributed by atoms with Gasteiger partial charge >= 0.3 is 24.0 Å². The van der Waals surface area contributed by atoms with Gasteiger partial charge in [0.2, 0.25) is 23.6 Å². The number of aromatic nitrogens is 1. The lowest BCUT2D eigenvalue weighted by Gasteiger charge is -2.39. The van der Waals surface area contributed by atoms with Gasteiger partial charge in [0.05, 0.1) is 18.8 Å². The molecule has 1 fully saturated rings. The van der Waals surface area contributed by atoms with E-state index in [9.17, 15) is 73.8 Å². The number of aromatic hydroxyl groups is 1. The lowest BCUT2D eigenvalue weighted by Crippen LogP contribution is -2.50. The average Bonchev–Trinajstić information content (AvgIpc) is 1.70. The predicted molar refractivity (Wildman–Crippen MR) is 347 cm³/mol. The van der Waals surface area contributed by atoms with Crippen molar-refractivity contribution >= 4 is 92.2 Å². The molecule has 1 aliphatic rings. The van der Waals surface area contributed by atoms with Crippen LogP contribution in [0.1, 0.15) is 160 Å². The number of ketones is 1. The highest BCUT2D eigenvalue weighted by Gasteiger charge is 2.40. The van der Waals surface area contributed by atoms with E-state index in [1.54, 1.807) is 26.0 Å². The molecule has 6 amide bonds. The molecule has 93 heavy (non-hydrogen) atoms. The fraction of sp³-hybridized carbons (Fsp3) is 0.694. The van der Waals surface area contributed by atoms with Crippen LogP contribution in [0, 0.1) is 29.6 Å². The molecule has 524 valence electrons. The van der Waals surface area contributed by atoms with Crippen LogP contribution < -0.4 is 26.8 Å². The largest absolute Gasteiger partial charge is 0.508 e. The van der Waals surface area contributed by atoms with Crippen molar-refractivity contribution in [2.24, 2.45) is 29.6 Å². The summed E-state index contributed by atoms with van der Waals surface area (Å²) in [5, 5.41) is 77.5. The van der Waals surface area contributed by atoms with E-state index in [4.69, 9.17) is 19.3 Å². The summed E-state index contributed by atoms with van der Waals surface area (Å²) in [7, 11) is 4.13. The molecule has 0 saturated carbocycles. The van der Waals surface area contributed by atoms with Crippen molar-refractivity contribution in [3.05, 3.63) is 45.9 Å². The second-order valence-corrected chi connectivity index (χ2v) is 27.3. The van der Waals surface area contributed by atoms with E-state index in [2.05, 4.69) is 31.8 Å². The van der Waals surface area contributed by atoms with Gasteiger partial charge in [0.1, 0.15) is 47.4 Å². The number of aliphatic hydroxyl groups excluding tert-OH is 5. The smallest absolute Gasteiger partial charge is 0.426 e. The van der Waals surface area contributed by atoms with E-state index in [0.29, 0.717) is 24.8 Å². The molecule has 1 aromatic heterocycles. The molecule has 1 saturated heterocycles. The third-order valence-electron chi connectivity index (χ3n) is 16.2. The van der Waals surface area contributed by atoms with E-state index < -0.39 is 134 Å². The third-order valence-corrected chi connectivity index (χ3v) is 19.5. The molecule has 0 aliphatic carbocycles. The highest BCUT2D eigenvalue weighted by Crippen LogP contribution is 2.34. The number of phenols is 1. The highest BCUT2D eigenvalue weighted by atomic mass is 33.1. The molecule has 1 unspecified atom stereocenters. The number of nitrogens with one attached hydrogen (secondary N) is 5. The first-order valence-corrected chi connectivity index (χ1v) is 34.9. The van der Waals surface area contributed by atoms with Gasteiger partial charge in [-0.1, -0.05) is 95.0 Å². The molecule has 28 nitrogen and oxygen atoms in total. The maximum absolute atomic E-state index is 15.0. The fourth-order valence-corrected chi connectivity index (χ4v) is 13.1. The van der Waals surface area contributed by atoms with Crippen molar-refractivity contribution in [1.29, 1.82) is 0 Å². The number of hydrazine groups is 1. The summed E-state index contributed by atoms with van der Waals surface area (Å²) < 4.78 is 16.8. The SMILES string of the molecule is CCCC(=O)OCN(C(=O)[C@@H](CC(=O)[C@H]1CCCCN1C)C(C)CC)[C@H](C[C@@H](OC(C)=O)c1nc(C(=O)N[C@@H](Cc2ccc(O)cc2)C[C@H](C)C(=O)NNC(=O)OCCSSC[C@H](NC(=O)[C@@H](CC)CCC(=O)NC[C@H](O)[C@@H](O)[C@H](O)[C@H](O)CO)C(=O)O)cs1)C(C)C. The number of likely N-dealkylation sites (N-methyl/N-ethyl adjacent to an activating group) is 1. The number of aliphatic carboxylic acids is 1. The first-order chi connectivity index (χ1) is 44.0. The Kier molecular flexibility index (Phi) is 36.9. The van der Waals surface area contributed by atoms with Crippen molar-refractivity contribution in [2.75, 3.05) is 51.6 Å². The molecular weight excluding hydrogens is 1270 g/mol. The number of thiazole rings is 1. The second-order valence-electron chi connectivity index (χ2n) is 23.8. The highest BCUT2D eigenvalue weighted by molar-refractivity contribution is 8.76. The molecule has 0 spiro atoms. The van der Waals surface area contributed by atoms with Gasteiger partial charge in [-0.25, -0.2) is 20.0 Å². The molecule has 1 aliphatic heterocycles. The molecule has 3 rings (SSSR count). The molecule has 31 heteroatoms. The van der Waals surface area contributed by atoms with E-state index >= 15 is 4.79 Å². The number of carbonyl (C=O) groups is 10. The Labute approximate surface area is 555 Å². The third kappa shape index (κ3) is 28.4. The number of esters is 2. The number of rotatable bonds is 42. The number of hydrogen-bond donors (Lipinski definition) is 12. The molecule has 12 N–H and O–H groups in total. The zero-order chi connectivity index (χ0) is 69.5. The number of likely N-dealkylation sites (tertiary alicyclic amines) is 1. The number of benzene rings is 1. The molecule has 13 atom stereocenters. The number of amides is 6. The van der Waals surface area contributed by atoms with Crippen LogP contribution in [0.5, 0.6) is 5.75 Å². The van der Waals surface area contributed by atoms with Crippen molar-refractivity contribution in [2.45, 2.75) is 194 Å². The minimum absolute atomic E-state index is 0.00549. The Morgan fingerprint density at radius 1 is 0.849 bits per heavy atom. The average molecular weight is 1370 g/mol. The Balaban J connectivity index is 1.64. The van der Waals surface area contributed by atoms with Gasteiger partial charge in [-0.3, -0.25) is 48.7 Å². The van der Waals surface area contributed by atoms with Crippen LogP contribution in [-0.2, 0) is 59.0 Å². The summed E-state index contributed by atoms with van der Waals surface area (Å²) in [6, 6.07) is 3.14. The second kappa shape index (κ2) is 42.3. The van der Waals surface area contributed by atoms with Crippen molar-refractivity contribution < 1.29 is 97.9 Å². The Morgan fingerprint density at radius 2 is 1.54 bits per heavy atom. The molecule has 2 aromatic rings. The van der Waals surface area contributed by atoms with Crippen LogP contribution in [0.15, 0.2) is 29.6 Å². The first-order valence-electron chi connectivity index (χ1n) is 31.6. The first kappa shape index (κ1) is 81.0. The number of piperidine rings is 1. The molecule has 0 bridgehead atoms. The summed E-state index contributed by atoms with van der Waals surface area (Å²) in [4.78, 5) is 141. The minimum atomic E-state index is -1.88. The zero-order valence-electron chi connectivity index (χ0n) is 54.6. The van der Waals surface area contributed by atoms with E-state index in [1.807, 2.05) is 46.6 Å². The number of nitrogens with zero attached hydrogens (tertiary/aromatic N) is 3. The monoisotopic (exact) mass is 1370 g/mol. The summed E-state index contributed by atoms with van der Waals surface area (Å²) in [5.74, 6) is -8.22. The lowest BCUT2D eigenvalue weighted by atomic mass is 9.82. The number of carboxylic acid groups (broad SMARTS) is 1. The number of phenolic OH excluding ortho intramolecular Hbond substituents is 1. The summed E-state index contributed by atoms with van der Waals surface area (Å²) in [5.41, 5.74) is 5.14. The summed E-state index contributed by atoms with van der Waals surface area (Å²) in [6.07, 6.45) is -5.23. The Bertz CT molecular complexity index is 2710. The van der Waals surface area contributed by atoms with E-state index in [-0.39, 0.29) is 115 Å². The van der Waals surface area contributed by atoms with Crippen molar-refractivity contribution in [3.8, 4) is 5.75 Å². The molecule has 2 heterocycles. The van der Waals surface area contributed by atoms with Crippen LogP contribution in [0.2, 0.25) is 0 Å². The number of hydrogen-bond acceptors (Lipinski definition) is 24. The summed E-state index contributed by atoms with van der Waals surface area (Å²) in [6.45, 7) is 12.7. The van der Waals surface area contributed by atoms with Crippen LogP contribution in [0.4, 0.5) is 4.79 Å². The van der Waals surface area contributed by atoms with Crippen molar-refractivity contribution in [3.63, 3.8) is 0 Å². The number of Topliss-reactive ketones (excluding diaryl/α,β-unsaturated/α-hetero) is 1. The van der Waals surface area contributed by atoms with E-state index in [1.165, 1.54) is 29.3 Å². The molecule has 0 radical (unpaired) electrons. The number of carbonyl (C=O) groups excluding carboxylic acids is 9. The van der Waals surface area contributed by atoms with Crippen LogP contribution in [-0.4, -0.2) is 210 Å².